The maximum Gasteiger partial charge on any atom is 0.268 e. The van der Waals surface area contributed by atoms with Gasteiger partial charge in [-0.1, -0.05) is 19.4 Å². The van der Waals surface area contributed by atoms with Crippen molar-refractivity contribution in [2.24, 2.45) is 0 Å². The lowest BCUT2D eigenvalue weighted by Gasteiger charge is -2.30. The van der Waals surface area contributed by atoms with Gasteiger partial charge in [-0.2, -0.15) is 0 Å². The number of ether oxygens (including phenoxy) is 1. The molecule has 0 spiro atoms. The second-order valence-corrected chi connectivity index (χ2v) is 9.05. The van der Waals surface area contributed by atoms with Gasteiger partial charge in [-0.25, -0.2) is 12.4 Å². The Balaban J connectivity index is 0.00000256. The lowest BCUT2D eigenvalue weighted by atomic mass is 10.2. The Kier molecular flexibility index (Phi) is 7.28. The summed E-state index contributed by atoms with van der Waals surface area (Å²) in [6.45, 7) is 6.44. The van der Waals surface area contributed by atoms with Crippen molar-refractivity contribution in [2.45, 2.75) is 24.7 Å². The van der Waals surface area contributed by atoms with Gasteiger partial charge < -0.3 is 15.0 Å². The van der Waals surface area contributed by atoms with Gasteiger partial charge in [0.25, 0.3) is 10.0 Å². The molecule has 1 aliphatic heterocycles. The highest BCUT2D eigenvalue weighted by atomic mass is 35.5. The molecule has 2 aromatic carbocycles. The van der Waals surface area contributed by atoms with E-state index < -0.39 is 10.0 Å². The smallest absolute Gasteiger partial charge is 0.268 e. The van der Waals surface area contributed by atoms with Crippen LogP contribution in [0.2, 0.25) is 0 Å². The van der Waals surface area contributed by atoms with Crippen LogP contribution in [-0.4, -0.2) is 45.2 Å². The molecule has 1 N–H and O–H groups in total. The minimum atomic E-state index is -3.68. The SMILES string of the molecule is CCCCOc1ccc(S(=O)(=O)n2ccc3c(N4CCNCC4)cccc32)cc1.Cl. The molecule has 30 heavy (non-hydrogen) atoms. The van der Waals surface area contributed by atoms with Crippen LogP contribution in [0.4, 0.5) is 5.69 Å². The van der Waals surface area contributed by atoms with Crippen molar-refractivity contribution in [1.29, 1.82) is 0 Å². The van der Waals surface area contributed by atoms with Crippen molar-refractivity contribution < 1.29 is 13.2 Å². The average Bonchev–Trinajstić information content (AvgIpc) is 3.20. The Hall–Kier alpha value is -2.22. The summed E-state index contributed by atoms with van der Waals surface area (Å²) in [6, 6.07) is 14.4. The monoisotopic (exact) mass is 449 g/mol. The molecule has 1 aliphatic rings. The summed E-state index contributed by atoms with van der Waals surface area (Å²) in [5.74, 6) is 0.691. The Bertz CT molecular complexity index is 1070. The average molecular weight is 450 g/mol. The van der Waals surface area contributed by atoms with Crippen LogP contribution in [0.25, 0.3) is 10.9 Å². The molecule has 0 amide bonds. The van der Waals surface area contributed by atoms with Gasteiger partial charge in [-0.05, 0) is 48.9 Å². The van der Waals surface area contributed by atoms with Crippen LogP contribution in [0.5, 0.6) is 5.75 Å². The number of nitrogens with zero attached hydrogens (tertiary/aromatic N) is 2. The number of aromatic nitrogens is 1. The minimum Gasteiger partial charge on any atom is -0.494 e. The maximum absolute atomic E-state index is 13.3. The van der Waals surface area contributed by atoms with Crippen LogP contribution in [0.15, 0.2) is 59.6 Å². The van der Waals surface area contributed by atoms with Gasteiger partial charge in [0, 0.05) is 43.4 Å². The number of hydrogen-bond donors (Lipinski definition) is 1. The molecular weight excluding hydrogens is 422 g/mol. The second-order valence-electron chi connectivity index (χ2n) is 7.24. The molecule has 6 nitrogen and oxygen atoms in total. The van der Waals surface area contributed by atoms with Crippen LogP contribution in [0.1, 0.15) is 19.8 Å². The van der Waals surface area contributed by atoms with E-state index in [0.29, 0.717) is 17.9 Å². The van der Waals surface area contributed by atoms with E-state index in [9.17, 15) is 8.42 Å². The zero-order valence-corrected chi connectivity index (χ0v) is 18.7. The van der Waals surface area contributed by atoms with Gasteiger partial charge >= 0.3 is 0 Å². The standard InChI is InChI=1S/C22H27N3O3S.ClH/c1-2-3-17-28-18-7-9-19(10-8-18)29(26,27)25-14-11-20-21(5-4-6-22(20)25)24-15-12-23-13-16-24;/h4-11,14,23H,2-3,12-13,15-17H2,1H3;1H. The fourth-order valence-electron chi connectivity index (χ4n) is 3.67. The van der Waals surface area contributed by atoms with Gasteiger partial charge in [0.15, 0.2) is 0 Å². The predicted octanol–water partition coefficient (Wildman–Crippen LogP) is 3.89. The Morgan fingerprint density at radius 3 is 2.47 bits per heavy atom. The number of benzene rings is 2. The van der Waals surface area contributed by atoms with Crippen molar-refractivity contribution in [3.8, 4) is 5.75 Å². The van der Waals surface area contributed by atoms with Gasteiger partial charge in [0.2, 0.25) is 0 Å². The molecule has 1 aromatic heterocycles. The molecule has 0 radical (unpaired) electrons. The van der Waals surface area contributed by atoms with E-state index in [1.54, 1.807) is 30.5 Å². The molecule has 0 unspecified atom stereocenters. The number of unbranched alkanes of at least 4 members (excludes halogenated alkanes) is 1. The number of piperazine rings is 1. The first kappa shape index (κ1) is 22.5. The van der Waals surface area contributed by atoms with Crippen LogP contribution < -0.4 is 15.0 Å². The number of anilines is 1. The lowest BCUT2D eigenvalue weighted by molar-refractivity contribution is 0.309. The van der Waals surface area contributed by atoms with Gasteiger partial charge in [0.1, 0.15) is 5.75 Å². The predicted molar refractivity (Wildman–Crippen MR) is 124 cm³/mol. The second kappa shape index (κ2) is 9.73. The van der Waals surface area contributed by atoms with Crippen molar-refractivity contribution in [3.63, 3.8) is 0 Å². The number of nitrogens with one attached hydrogen (secondary N) is 1. The summed E-state index contributed by atoms with van der Waals surface area (Å²) in [6.07, 6.45) is 3.69. The molecule has 8 heteroatoms. The molecule has 2 heterocycles. The molecule has 0 saturated carbocycles. The third kappa shape index (κ3) is 4.43. The van der Waals surface area contributed by atoms with E-state index in [1.165, 1.54) is 3.97 Å². The Labute approximate surface area is 184 Å². The Morgan fingerprint density at radius 2 is 1.77 bits per heavy atom. The fraction of sp³-hybridized carbons (Fsp3) is 0.364. The summed E-state index contributed by atoms with van der Waals surface area (Å²) in [5, 5.41) is 4.31. The maximum atomic E-state index is 13.3. The molecule has 1 saturated heterocycles. The highest BCUT2D eigenvalue weighted by Gasteiger charge is 2.21. The van der Waals surface area contributed by atoms with Crippen molar-refractivity contribution in [1.82, 2.24) is 9.29 Å². The normalized spacial score (nSPS) is 14.5. The highest BCUT2D eigenvalue weighted by molar-refractivity contribution is 7.90. The zero-order valence-electron chi connectivity index (χ0n) is 17.1. The number of fused-ring (bicyclic) bond motifs is 1. The van der Waals surface area contributed by atoms with E-state index in [0.717, 1.165) is 50.1 Å². The zero-order chi connectivity index (χ0) is 20.3. The fourth-order valence-corrected chi connectivity index (χ4v) is 5.02. The number of halogens is 1. The van der Waals surface area contributed by atoms with E-state index in [1.807, 2.05) is 18.2 Å². The summed E-state index contributed by atoms with van der Waals surface area (Å²) >= 11 is 0. The molecule has 0 aliphatic carbocycles. The number of rotatable bonds is 7. The minimum absolute atomic E-state index is 0. The quantitative estimate of drug-likeness (QED) is 0.554. The molecule has 162 valence electrons. The summed E-state index contributed by atoms with van der Waals surface area (Å²) < 4.78 is 33.6. The lowest BCUT2D eigenvalue weighted by Crippen LogP contribution is -2.43. The largest absolute Gasteiger partial charge is 0.494 e. The third-order valence-electron chi connectivity index (χ3n) is 5.28. The van der Waals surface area contributed by atoms with Crippen molar-refractivity contribution in [3.05, 3.63) is 54.7 Å². The van der Waals surface area contributed by atoms with E-state index in [4.69, 9.17) is 4.74 Å². The summed E-state index contributed by atoms with van der Waals surface area (Å²) in [7, 11) is -3.68. The van der Waals surface area contributed by atoms with E-state index in [-0.39, 0.29) is 17.3 Å². The van der Waals surface area contributed by atoms with Crippen LogP contribution in [0.3, 0.4) is 0 Å². The van der Waals surface area contributed by atoms with Crippen LogP contribution in [0, 0.1) is 0 Å². The third-order valence-corrected chi connectivity index (χ3v) is 6.98. The van der Waals surface area contributed by atoms with Crippen LogP contribution >= 0.6 is 12.4 Å². The first-order valence-corrected chi connectivity index (χ1v) is 11.6. The molecular formula is C22H28ClN3O3S. The molecule has 1 fully saturated rings. The van der Waals surface area contributed by atoms with Gasteiger partial charge in [-0.15, -0.1) is 12.4 Å². The molecule has 0 bridgehead atoms. The summed E-state index contributed by atoms with van der Waals surface area (Å²) in [4.78, 5) is 2.56. The topological polar surface area (TPSA) is 63.6 Å². The molecule has 0 atom stereocenters. The van der Waals surface area contributed by atoms with Crippen molar-refractivity contribution >= 4 is 39.0 Å². The van der Waals surface area contributed by atoms with Gasteiger partial charge in [0.05, 0.1) is 17.0 Å². The highest BCUT2D eigenvalue weighted by Crippen LogP contribution is 2.30. The first-order valence-electron chi connectivity index (χ1n) is 10.2. The van der Waals surface area contributed by atoms with Gasteiger partial charge in [-0.3, -0.25) is 0 Å². The van der Waals surface area contributed by atoms with Crippen molar-refractivity contribution in [2.75, 3.05) is 37.7 Å². The number of hydrogen-bond acceptors (Lipinski definition) is 5. The first-order chi connectivity index (χ1) is 14.1. The van der Waals surface area contributed by atoms with Crippen LogP contribution in [-0.2, 0) is 10.0 Å². The molecule has 4 rings (SSSR count). The molecule has 3 aromatic rings. The van der Waals surface area contributed by atoms with E-state index >= 15 is 0 Å². The summed E-state index contributed by atoms with van der Waals surface area (Å²) in [5.41, 5.74) is 1.78. The Morgan fingerprint density at radius 1 is 1.03 bits per heavy atom. The van der Waals surface area contributed by atoms with E-state index in [2.05, 4.69) is 23.2 Å².